The first-order chi connectivity index (χ1) is 18.3. The lowest BCUT2D eigenvalue weighted by molar-refractivity contribution is -0.384. The second-order valence-corrected chi connectivity index (χ2v) is 9.27. The standard InChI is InChI=1S/C26H29N5O7/c1-38-23(34)15-27-25-24(17-8-5-9-19(12-17)31(36)37)29-21-13-18(10-11-30(21)25)26(35)28-20(14-22(32)33)16-6-3-2-4-7-16/h5,8-13,16,20,27H,2-4,6-7,14-15H2,1H3,(H,28,35)(H,32,33). The molecule has 3 aromatic rings. The summed E-state index contributed by atoms with van der Waals surface area (Å²) in [5.41, 5.74) is 1.32. The fraction of sp³-hybridized carbons (Fsp3) is 0.385. The van der Waals surface area contributed by atoms with E-state index in [2.05, 4.69) is 15.6 Å². The number of amides is 1. The number of nitrogens with one attached hydrogen (secondary N) is 2. The minimum atomic E-state index is -0.965. The number of non-ortho nitro benzene ring substituents is 1. The van der Waals surface area contributed by atoms with Crippen LogP contribution in [0.2, 0.25) is 0 Å². The minimum Gasteiger partial charge on any atom is -0.481 e. The SMILES string of the molecule is COC(=O)CNc1c(-c2cccc([N+](=O)[O-])c2)nc2cc(C(=O)NC(CC(=O)O)C3CCCCC3)ccn12. The molecule has 3 N–H and O–H groups in total. The molecule has 12 heteroatoms. The maximum atomic E-state index is 13.2. The van der Waals surface area contributed by atoms with Crippen LogP contribution in [-0.4, -0.2) is 57.0 Å². The predicted octanol–water partition coefficient (Wildman–Crippen LogP) is 3.65. The summed E-state index contributed by atoms with van der Waals surface area (Å²) in [4.78, 5) is 51.8. The second-order valence-electron chi connectivity index (χ2n) is 9.27. The first kappa shape index (κ1) is 26.6. The van der Waals surface area contributed by atoms with Crippen molar-refractivity contribution in [3.63, 3.8) is 0 Å². The Labute approximate surface area is 218 Å². The number of fused-ring (bicyclic) bond motifs is 1. The normalized spacial score (nSPS) is 14.6. The van der Waals surface area contributed by atoms with E-state index in [1.807, 2.05) is 0 Å². The van der Waals surface area contributed by atoms with Crippen LogP contribution in [0.25, 0.3) is 16.9 Å². The molecule has 1 fully saturated rings. The molecule has 1 saturated carbocycles. The maximum absolute atomic E-state index is 13.2. The largest absolute Gasteiger partial charge is 0.481 e. The number of nitro groups is 1. The third-order valence-electron chi connectivity index (χ3n) is 6.78. The maximum Gasteiger partial charge on any atom is 0.325 e. The van der Waals surface area contributed by atoms with Crippen LogP contribution in [0.3, 0.4) is 0 Å². The van der Waals surface area contributed by atoms with E-state index < -0.39 is 28.8 Å². The fourth-order valence-electron chi connectivity index (χ4n) is 4.86. The molecule has 0 radical (unpaired) electrons. The number of methoxy groups -OCH3 is 1. The average Bonchev–Trinajstić information content (AvgIpc) is 3.29. The average molecular weight is 524 g/mol. The Hall–Kier alpha value is -4.48. The van der Waals surface area contributed by atoms with Gasteiger partial charge in [0.25, 0.3) is 11.6 Å². The second kappa shape index (κ2) is 11.7. The van der Waals surface area contributed by atoms with E-state index in [9.17, 15) is 29.6 Å². The Bertz CT molecular complexity index is 1360. The number of esters is 1. The van der Waals surface area contributed by atoms with Crippen LogP contribution >= 0.6 is 0 Å². The molecule has 0 aliphatic heterocycles. The summed E-state index contributed by atoms with van der Waals surface area (Å²) >= 11 is 0. The summed E-state index contributed by atoms with van der Waals surface area (Å²) < 4.78 is 6.34. The number of carbonyl (C=O) groups excluding carboxylic acids is 2. The molecule has 1 amide bonds. The van der Waals surface area contributed by atoms with Crippen molar-refractivity contribution < 1.29 is 29.2 Å². The molecular weight excluding hydrogens is 494 g/mol. The summed E-state index contributed by atoms with van der Waals surface area (Å²) in [6.45, 7) is -0.174. The van der Waals surface area contributed by atoms with E-state index in [0.29, 0.717) is 28.3 Å². The molecule has 1 aromatic carbocycles. The van der Waals surface area contributed by atoms with Gasteiger partial charge in [0.15, 0.2) is 0 Å². The highest BCUT2D eigenvalue weighted by molar-refractivity contribution is 5.96. The molecular formula is C26H29N5O7. The fourth-order valence-corrected chi connectivity index (χ4v) is 4.86. The number of aliphatic carboxylic acids is 1. The van der Waals surface area contributed by atoms with Crippen molar-refractivity contribution >= 4 is 35.0 Å². The number of carbonyl (C=O) groups is 3. The molecule has 38 heavy (non-hydrogen) atoms. The van der Waals surface area contributed by atoms with Gasteiger partial charge in [-0.3, -0.25) is 28.9 Å². The van der Waals surface area contributed by atoms with E-state index >= 15 is 0 Å². The molecule has 4 rings (SSSR count). The first-order valence-electron chi connectivity index (χ1n) is 12.4. The van der Waals surface area contributed by atoms with Crippen molar-refractivity contribution in [3.8, 4) is 11.3 Å². The van der Waals surface area contributed by atoms with Gasteiger partial charge in [0.05, 0.1) is 18.5 Å². The van der Waals surface area contributed by atoms with Crippen molar-refractivity contribution in [2.75, 3.05) is 19.0 Å². The van der Waals surface area contributed by atoms with Crippen LogP contribution in [0, 0.1) is 16.0 Å². The van der Waals surface area contributed by atoms with Crippen LogP contribution in [0.4, 0.5) is 11.5 Å². The van der Waals surface area contributed by atoms with Gasteiger partial charge in [-0.05, 0) is 30.9 Å². The number of imidazole rings is 1. The molecule has 1 aliphatic carbocycles. The van der Waals surface area contributed by atoms with Crippen LogP contribution in [-0.2, 0) is 14.3 Å². The summed E-state index contributed by atoms with van der Waals surface area (Å²) in [6.07, 6.45) is 6.33. The number of hydrogen-bond acceptors (Lipinski definition) is 8. The number of nitro benzene ring substituents is 1. The van der Waals surface area contributed by atoms with E-state index in [0.717, 1.165) is 32.1 Å². The quantitative estimate of drug-likeness (QED) is 0.204. The van der Waals surface area contributed by atoms with Crippen LogP contribution < -0.4 is 10.6 Å². The number of pyridine rings is 1. The van der Waals surface area contributed by atoms with E-state index in [1.54, 1.807) is 28.8 Å². The van der Waals surface area contributed by atoms with Gasteiger partial charge in [0.1, 0.15) is 23.7 Å². The molecule has 1 atom stereocenters. The van der Waals surface area contributed by atoms with Gasteiger partial charge in [0.2, 0.25) is 0 Å². The number of nitrogens with zero attached hydrogens (tertiary/aromatic N) is 3. The molecule has 2 heterocycles. The van der Waals surface area contributed by atoms with Crippen molar-refractivity contribution in [3.05, 3.63) is 58.3 Å². The van der Waals surface area contributed by atoms with Gasteiger partial charge in [-0.1, -0.05) is 31.4 Å². The number of aromatic nitrogens is 2. The summed E-state index contributed by atoms with van der Waals surface area (Å²) in [5.74, 6) is -1.40. The minimum absolute atomic E-state index is 0.105. The molecule has 0 spiro atoms. The number of carboxylic acids is 1. The topological polar surface area (TPSA) is 165 Å². The monoisotopic (exact) mass is 523 g/mol. The van der Waals surface area contributed by atoms with Crippen LogP contribution in [0.15, 0.2) is 42.6 Å². The number of benzene rings is 1. The van der Waals surface area contributed by atoms with E-state index in [-0.39, 0.29) is 24.6 Å². The Kier molecular flexibility index (Phi) is 8.19. The third kappa shape index (κ3) is 6.07. The molecule has 200 valence electrons. The third-order valence-corrected chi connectivity index (χ3v) is 6.78. The van der Waals surface area contributed by atoms with Crippen molar-refractivity contribution in [1.82, 2.24) is 14.7 Å². The zero-order chi connectivity index (χ0) is 27.2. The Morgan fingerprint density at radius 2 is 1.97 bits per heavy atom. The number of rotatable bonds is 10. The Morgan fingerprint density at radius 1 is 1.21 bits per heavy atom. The Balaban J connectivity index is 1.68. The van der Waals surface area contributed by atoms with Crippen molar-refractivity contribution in [1.29, 1.82) is 0 Å². The summed E-state index contributed by atoms with van der Waals surface area (Å²) in [7, 11) is 1.26. The van der Waals surface area contributed by atoms with Crippen molar-refractivity contribution in [2.24, 2.45) is 5.92 Å². The highest BCUT2D eigenvalue weighted by Crippen LogP contribution is 2.32. The van der Waals surface area contributed by atoms with Crippen LogP contribution in [0.5, 0.6) is 0 Å². The number of ether oxygens (including phenoxy) is 1. The smallest absolute Gasteiger partial charge is 0.325 e. The van der Waals surface area contributed by atoms with Gasteiger partial charge in [-0.15, -0.1) is 0 Å². The van der Waals surface area contributed by atoms with Crippen molar-refractivity contribution in [2.45, 2.75) is 44.6 Å². The van der Waals surface area contributed by atoms with E-state index in [4.69, 9.17) is 4.74 Å². The molecule has 0 saturated heterocycles. The number of carboxylic acid groups (broad SMARTS) is 1. The van der Waals surface area contributed by atoms with E-state index in [1.165, 1.54) is 25.3 Å². The highest BCUT2D eigenvalue weighted by atomic mass is 16.6. The van der Waals surface area contributed by atoms with Gasteiger partial charge in [0, 0.05) is 35.5 Å². The molecule has 1 unspecified atom stereocenters. The molecule has 12 nitrogen and oxygen atoms in total. The lowest BCUT2D eigenvalue weighted by Crippen LogP contribution is -2.42. The zero-order valence-electron chi connectivity index (χ0n) is 20.9. The lowest BCUT2D eigenvalue weighted by Gasteiger charge is -2.30. The predicted molar refractivity (Wildman–Crippen MR) is 138 cm³/mol. The van der Waals surface area contributed by atoms with Gasteiger partial charge in [-0.2, -0.15) is 0 Å². The summed E-state index contributed by atoms with van der Waals surface area (Å²) in [6, 6.07) is 8.58. The Morgan fingerprint density at radius 3 is 2.66 bits per heavy atom. The van der Waals surface area contributed by atoms with Gasteiger partial charge in [-0.25, -0.2) is 4.98 Å². The zero-order valence-corrected chi connectivity index (χ0v) is 20.9. The van der Waals surface area contributed by atoms with Crippen LogP contribution in [0.1, 0.15) is 48.9 Å². The number of anilines is 1. The summed E-state index contributed by atoms with van der Waals surface area (Å²) in [5, 5.41) is 26.6. The van der Waals surface area contributed by atoms with Gasteiger partial charge < -0.3 is 20.5 Å². The first-order valence-corrected chi connectivity index (χ1v) is 12.4. The highest BCUT2D eigenvalue weighted by Gasteiger charge is 2.28. The lowest BCUT2D eigenvalue weighted by atomic mass is 9.82. The molecule has 1 aliphatic rings. The van der Waals surface area contributed by atoms with Gasteiger partial charge >= 0.3 is 11.9 Å². The number of hydrogen-bond donors (Lipinski definition) is 3. The molecule has 0 bridgehead atoms. The molecule has 2 aromatic heterocycles.